The van der Waals surface area contributed by atoms with Gasteiger partial charge in [0.25, 0.3) is 5.91 Å². The highest BCUT2D eigenvalue weighted by molar-refractivity contribution is 5.95. The number of hydrogen-bond acceptors (Lipinski definition) is 17. The van der Waals surface area contributed by atoms with E-state index in [2.05, 4.69) is 5.32 Å². The van der Waals surface area contributed by atoms with Gasteiger partial charge in [-0.1, -0.05) is 50.3 Å². The maximum atomic E-state index is 14.1. The van der Waals surface area contributed by atoms with Crippen molar-refractivity contribution in [3.63, 3.8) is 0 Å². The number of hydrogen-bond donors (Lipinski definition) is 6. The number of aliphatic hydroxyl groups excluding tert-OH is 5. The Balaban J connectivity index is 1.34. The van der Waals surface area contributed by atoms with Gasteiger partial charge in [-0.05, 0) is 49.9 Å². The molecule has 0 spiro atoms. The molecule has 0 aromatic heterocycles. The first-order chi connectivity index (χ1) is 29.3. The number of ether oxygens (including phenoxy) is 9. The van der Waals surface area contributed by atoms with E-state index in [-0.39, 0.29) is 36.6 Å². The van der Waals surface area contributed by atoms with Crippen LogP contribution in [0.1, 0.15) is 62.2 Å². The molecule has 61 heavy (non-hydrogen) atoms. The molecule has 338 valence electrons. The lowest BCUT2D eigenvalue weighted by atomic mass is 9.85. The fourth-order valence-corrected chi connectivity index (χ4v) is 8.21. The van der Waals surface area contributed by atoms with Crippen molar-refractivity contribution < 1.29 is 87.7 Å². The molecular weight excluding hydrogens is 806 g/mol. The molecule has 1 aliphatic carbocycles. The van der Waals surface area contributed by atoms with Crippen LogP contribution in [-0.2, 0) is 42.7 Å². The maximum absolute atomic E-state index is 14.1. The molecular formula is C42H58NO18+. The summed E-state index contributed by atoms with van der Waals surface area (Å²) in [7, 11) is 2.88. The Morgan fingerprint density at radius 1 is 0.820 bits per heavy atom. The minimum absolute atomic E-state index is 0.0130. The topological polar surface area (TPSA) is 270 Å². The summed E-state index contributed by atoms with van der Waals surface area (Å²) in [6, 6.07) is 12.6. The summed E-state index contributed by atoms with van der Waals surface area (Å²) < 4.78 is 53.5. The van der Waals surface area contributed by atoms with Crippen molar-refractivity contribution in [3.8, 4) is 11.5 Å². The summed E-state index contributed by atoms with van der Waals surface area (Å²) in [6.07, 6.45) is -16.4. The first kappa shape index (κ1) is 46.5. The molecule has 4 aliphatic rings. The summed E-state index contributed by atoms with van der Waals surface area (Å²) in [4.78, 5) is 40.6. The van der Waals surface area contributed by atoms with Crippen molar-refractivity contribution in [1.82, 2.24) is 0 Å². The van der Waals surface area contributed by atoms with Gasteiger partial charge in [0.2, 0.25) is 6.10 Å². The Labute approximate surface area is 352 Å². The maximum Gasteiger partial charge on any atom is 0.545 e. The van der Waals surface area contributed by atoms with E-state index in [1.54, 1.807) is 30.3 Å². The van der Waals surface area contributed by atoms with E-state index >= 15 is 0 Å². The zero-order chi connectivity index (χ0) is 43.8. The van der Waals surface area contributed by atoms with Crippen LogP contribution in [0.2, 0.25) is 0 Å². The van der Waals surface area contributed by atoms with E-state index < -0.39 is 110 Å². The van der Waals surface area contributed by atoms with Gasteiger partial charge in [0.05, 0.1) is 45.2 Å². The number of nitrogens with one attached hydrogen (secondary N) is 1. The molecule has 3 aliphatic heterocycles. The predicted molar refractivity (Wildman–Crippen MR) is 211 cm³/mol. The number of amides is 1. The molecule has 3 heterocycles. The molecule has 14 atom stereocenters. The molecule has 2 aromatic rings. The Kier molecular flexibility index (Phi) is 16.3. The number of methoxy groups -OCH3 is 2. The van der Waals surface area contributed by atoms with Crippen molar-refractivity contribution >= 4 is 23.5 Å². The van der Waals surface area contributed by atoms with Crippen LogP contribution in [0, 0.1) is 5.92 Å². The average molecular weight is 865 g/mol. The number of anilines is 1. The van der Waals surface area contributed by atoms with Crippen molar-refractivity contribution in [1.29, 1.82) is 0 Å². The molecule has 14 unspecified atom stereocenters. The monoisotopic (exact) mass is 864 g/mol. The van der Waals surface area contributed by atoms with E-state index in [0.717, 1.165) is 32.1 Å². The highest BCUT2D eigenvalue weighted by atomic mass is 16.8. The van der Waals surface area contributed by atoms with E-state index in [1.165, 1.54) is 39.3 Å². The summed E-state index contributed by atoms with van der Waals surface area (Å²) in [5.74, 6) is -1.89. The second-order valence-corrected chi connectivity index (χ2v) is 15.7. The van der Waals surface area contributed by atoms with Gasteiger partial charge in [0, 0.05) is 16.5 Å². The van der Waals surface area contributed by atoms with Crippen molar-refractivity contribution in [3.05, 3.63) is 54.1 Å². The quantitative estimate of drug-likeness (QED) is 0.0979. The lowest BCUT2D eigenvalue weighted by molar-refractivity contribution is -0.353. The standard InChI is InChI=1S/C42H57NO18/c1-21-30(45)32(47)33(48)41(56-21)61-34-26(16-17-55-36(34)38(49)43-24-14-15-25(53-2)27(19-24)54-3)58-42-37(60-40(52)23-12-8-5-9-13-23)35(31(46)29(20-44)59-42)57-28(39(50)51)18-22-10-6-4-7-11-22/h5,8-9,12-15,19,21-22,26,28-37,41-42,44-48H,4,6-7,10-11,16-18,20H2,1-3H3,(H,43,49)(H,50,51)/p+1. The van der Waals surface area contributed by atoms with Crippen molar-refractivity contribution in [2.75, 3.05) is 32.8 Å². The zero-order valence-electron chi connectivity index (χ0n) is 34.3. The normalized spacial score (nSPS) is 33.9. The second-order valence-electron chi connectivity index (χ2n) is 15.7. The third kappa shape index (κ3) is 11.2. The summed E-state index contributed by atoms with van der Waals surface area (Å²) in [6.45, 7) is 0.574. The van der Waals surface area contributed by atoms with Crippen LogP contribution in [0.15, 0.2) is 48.5 Å². The molecule has 1 amide bonds. The number of rotatable bonds is 16. The Hall–Kier alpha value is -3.99. The van der Waals surface area contributed by atoms with Crippen LogP contribution >= 0.6 is 0 Å². The van der Waals surface area contributed by atoms with Crippen LogP contribution < -0.4 is 14.8 Å². The van der Waals surface area contributed by atoms with Crippen LogP contribution in [-0.4, -0.2) is 162 Å². The predicted octanol–water partition coefficient (Wildman–Crippen LogP) is 0.308. The van der Waals surface area contributed by atoms with Crippen LogP contribution in [0.5, 0.6) is 11.5 Å². The Morgan fingerprint density at radius 3 is 2.21 bits per heavy atom. The first-order valence-electron chi connectivity index (χ1n) is 20.6. The number of aliphatic hydroxyl groups is 5. The largest absolute Gasteiger partial charge is 0.563 e. The smallest absolute Gasteiger partial charge is 0.545 e. The number of esters is 1. The van der Waals surface area contributed by atoms with Gasteiger partial charge in [-0.25, -0.2) is 4.79 Å². The molecule has 2 aromatic carbocycles. The fraction of sp³-hybridized carbons (Fsp3) is 0.643. The molecule has 19 nitrogen and oxygen atoms in total. The third-order valence-corrected chi connectivity index (χ3v) is 11.6. The molecule has 1 saturated carbocycles. The molecule has 4 fully saturated rings. The van der Waals surface area contributed by atoms with Gasteiger partial charge in [-0.15, -0.1) is 0 Å². The zero-order valence-corrected chi connectivity index (χ0v) is 34.3. The van der Waals surface area contributed by atoms with Crippen molar-refractivity contribution in [2.45, 2.75) is 138 Å². The second kappa shape index (κ2) is 21.4. The lowest BCUT2D eigenvalue weighted by Crippen LogP contribution is -2.65. The molecule has 3 saturated heterocycles. The van der Waals surface area contributed by atoms with Crippen molar-refractivity contribution in [2.24, 2.45) is 5.92 Å². The van der Waals surface area contributed by atoms with E-state index in [9.17, 15) is 39.9 Å². The Bertz CT molecular complexity index is 1750. The third-order valence-electron chi connectivity index (χ3n) is 11.6. The van der Waals surface area contributed by atoms with Gasteiger partial charge in [0.1, 0.15) is 42.7 Å². The van der Waals surface area contributed by atoms with E-state index in [1.807, 2.05) is 0 Å². The van der Waals surface area contributed by atoms with Crippen LogP contribution in [0.4, 0.5) is 5.69 Å². The fourth-order valence-electron chi connectivity index (χ4n) is 8.21. The number of carbonyl (C=O) groups is 3. The van der Waals surface area contributed by atoms with Crippen LogP contribution in [0.3, 0.4) is 0 Å². The lowest BCUT2D eigenvalue weighted by Gasteiger charge is -2.47. The average Bonchev–Trinajstić information content (AvgIpc) is 3.27. The van der Waals surface area contributed by atoms with Gasteiger partial charge >= 0.3 is 11.9 Å². The SMILES string of the molecule is COc1ccc(NC(=O)C2OCCC(OC3OC(CO)C(O)C(OC(CC4CCCCC4)C(=O)[OH2+])C3OC(=O)c3ccccc3)C2OC2OC(C)C(O)C(O)C2O)cc1OC. The molecule has 6 rings (SSSR count). The minimum Gasteiger partial charge on any atom is -0.563 e. The highest BCUT2D eigenvalue weighted by Crippen LogP contribution is 2.36. The first-order valence-corrected chi connectivity index (χ1v) is 20.6. The number of benzene rings is 2. The summed E-state index contributed by atoms with van der Waals surface area (Å²) in [5, 5.41) is 64.9. The molecule has 19 heteroatoms. The van der Waals surface area contributed by atoms with Gasteiger partial charge in [0.15, 0.2) is 36.3 Å². The number of carbonyl (C=O) groups excluding carboxylic acids is 3. The summed E-state index contributed by atoms with van der Waals surface area (Å²) >= 11 is 0. The van der Waals surface area contributed by atoms with E-state index in [4.69, 9.17) is 47.7 Å². The molecule has 0 radical (unpaired) electrons. The molecule has 0 bridgehead atoms. The van der Waals surface area contributed by atoms with Gasteiger partial charge < -0.3 is 78.6 Å². The highest BCUT2D eigenvalue weighted by Gasteiger charge is 2.54. The molecule has 8 N–H and O–H groups in total. The summed E-state index contributed by atoms with van der Waals surface area (Å²) in [5.41, 5.74) is 0.399. The van der Waals surface area contributed by atoms with Crippen LogP contribution in [0.25, 0.3) is 0 Å². The van der Waals surface area contributed by atoms with E-state index in [0.29, 0.717) is 11.5 Å². The minimum atomic E-state index is -1.80. The van der Waals surface area contributed by atoms with Gasteiger partial charge in [-0.3, -0.25) is 4.79 Å². The van der Waals surface area contributed by atoms with Gasteiger partial charge in [-0.2, -0.15) is 0 Å². The Morgan fingerprint density at radius 2 is 1.54 bits per heavy atom.